The van der Waals surface area contributed by atoms with Crippen molar-refractivity contribution in [1.82, 2.24) is 10.6 Å². The number of aliphatic carboxylic acids is 1. The molecule has 21 heavy (non-hydrogen) atoms. The number of nitrogens with one attached hydrogen (secondary N) is 2. The highest BCUT2D eigenvalue weighted by Gasteiger charge is 2.19. The van der Waals surface area contributed by atoms with Crippen LogP contribution < -0.4 is 10.6 Å². The smallest absolute Gasteiger partial charge is 0.326 e. The van der Waals surface area contributed by atoms with Crippen molar-refractivity contribution >= 4 is 11.9 Å². The quantitative estimate of drug-likeness (QED) is 0.645. The average molecular weight is 292 g/mol. The second-order valence-corrected chi connectivity index (χ2v) is 5.34. The number of carboxylic acid groups (broad SMARTS) is 1. The zero-order chi connectivity index (χ0) is 15.7. The van der Waals surface area contributed by atoms with Crippen molar-refractivity contribution in [3.8, 4) is 0 Å². The van der Waals surface area contributed by atoms with Gasteiger partial charge in [0, 0.05) is 19.0 Å². The Morgan fingerprint density at radius 2 is 1.86 bits per heavy atom. The van der Waals surface area contributed by atoms with Crippen molar-refractivity contribution in [1.29, 1.82) is 0 Å². The summed E-state index contributed by atoms with van der Waals surface area (Å²) in [4.78, 5) is 22.9. The Kier molecular flexibility index (Phi) is 7.46. The summed E-state index contributed by atoms with van der Waals surface area (Å²) < 4.78 is 0. The molecule has 0 bridgehead atoms. The summed E-state index contributed by atoms with van der Waals surface area (Å²) in [6, 6.07) is 9.13. The van der Waals surface area contributed by atoms with E-state index in [1.54, 1.807) is 0 Å². The molecule has 0 radical (unpaired) electrons. The first-order valence-corrected chi connectivity index (χ1v) is 7.28. The molecule has 1 rings (SSSR count). The molecule has 0 fully saturated rings. The fraction of sp³-hybridized carbons (Fsp3) is 0.500. The molecule has 0 aliphatic carbocycles. The van der Waals surface area contributed by atoms with Gasteiger partial charge in [0.2, 0.25) is 5.91 Å². The van der Waals surface area contributed by atoms with Crippen LogP contribution in [0.15, 0.2) is 30.3 Å². The largest absolute Gasteiger partial charge is 0.480 e. The molecule has 0 saturated heterocycles. The predicted molar refractivity (Wildman–Crippen MR) is 82.1 cm³/mol. The van der Waals surface area contributed by atoms with Crippen LogP contribution in [0, 0.1) is 0 Å². The zero-order valence-electron chi connectivity index (χ0n) is 12.6. The van der Waals surface area contributed by atoms with E-state index in [0.717, 1.165) is 5.56 Å². The number of hydrogen-bond acceptors (Lipinski definition) is 3. The second-order valence-electron chi connectivity index (χ2n) is 5.34. The van der Waals surface area contributed by atoms with Gasteiger partial charge in [-0.3, -0.25) is 4.79 Å². The molecular weight excluding hydrogens is 268 g/mol. The van der Waals surface area contributed by atoms with Crippen molar-refractivity contribution in [2.45, 2.75) is 45.2 Å². The molecule has 0 aliphatic heterocycles. The molecule has 5 nitrogen and oxygen atoms in total. The molecule has 5 heteroatoms. The van der Waals surface area contributed by atoms with Crippen LogP contribution in [0.2, 0.25) is 0 Å². The van der Waals surface area contributed by atoms with E-state index in [-0.39, 0.29) is 12.3 Å². The predicted octanol–water partition coefficient (Wildman–Crippen LogP) is 1.58. The molecular formula is C16H24N2O3. The molecule has 0 heterocycles. The maximum atomic E-state index is 11.7. The molecule has 3 N–H and O–H groups in total. The maximum absolute atomic E-state index is 11.7. The van der Waals surface area contributed by atoms with Gasteiger partial charge in [0.05, 0.1) is 0 Å². The van der Waals surface area contributed by atoms with Crippen LogP contribution >= 0.6 is 0 Å². The van der Waals surface area contributed by atoms with Gasteiger partial charge in [0.25, 0.3) is 0 Å². The summed E-state index contributed by atoms with van der Waals surface area (Å²) in [7, 11) is 0. The van der Waals surface area contributed by atoms with E-state index in [0.29, 0.717) is 25.4 Å². The number of amides is 1. The van der Waals surface area contributed by atoms with E-state index in [4.69, 9.17) is 0 Å². The van der Waals surface area contributed by atoms with Gasteiger partial charge in [0.1, 0.15) is 6.04 Å². The standard InChI is InChI=1S/C16H24N2O3/c1-12(2)17-11-10-15(19)18-14(16(20)21)9-8-13-6-4-3-5-7-13/h3-7,12,14,17H,8-11H2,1-2H3,(H,18,19)(H,20,21)/t14-/m0/s1. The second kappa shape index (κ2) is 9.13. The SMILES string of the molecule is CC(C)NCCC(=O)N[C@@H](CCc1ccccc1)C(=O)O. The molecule has 0 aliphatic rings. The van der Waals surface area contributed by atoms with Crippen LogP contribution in [0.25, 0.3) is 0 Å². The first-order valence-electron chi connectivity index (χ1n) is 7.28. The minimum atomic E-state index is -0.990. The van der Waals surface area contributed by atoms with E-state index in [2.05, 4.69) is 10.6 Å². The number of carbonyl (C=O) groups excluding carboxylic acids is 1. The highest BCUT2D eigenvalue weighted by atomic mass is 16.4. The Bertz CT molecular complexity index is 446. The summed E-state index contributed by atoms with van der Waals surface area (Å²) in [6.45, 7) is 4.55. The third kappa shape index (κ3) is 7.46. The van der Waals surface area contributed by atoms with Crippen LogP contribution in [0.1, 0.15) is 32.3 Å². The van der Waals surface area contributed by atoms with Gasteiger partial charge in [0.15, 0.2) is 0 Å². The summed E-state index contributed by atoms with van der Waals surface area (Å²) in [5.41, 5.74) is 1.07. The summed E-state index contributed by atoms with van der Waals surface area (Å²) >= 11 is 0. The normalized spacial score (nSPS) is 12.1. The highest BCUT2D eigenvalue weighted by molar-refractivity contribution is 5.83. The molecule has 0 aromatic heterocycles. The third-order valence-corrected chi connectivity index (χ3v) is 3.10. The number of aryl methyl sites for hydroxylation is 1. The van der Waals surface area contributed by atoms with Crippen LogP contribution in [0.4, 0.5) is 0 Å². The molecule has 116 valence electrons. The maximum Gasteiger partial charge on any atom is 0.326 e. The summed E-state index contributed by atoms with van der Waals surface area (Å²) in [5, 5.41) is 14.9. The fourth-order valence-corrected chi connectivity index (χ4v) is 1.95. The van der Waals surface area contributed by atoms with Gasteiger partial charge in [-0.25, -0.2) is 4.79 Å². The number of benzene rings is 1. The molecule has 0 spiro atoms. The van der Waals surface area contributed by atoms with Crippen molar-refractivity contribution in [3.63, 3.8) is 0 Å². The van der Waals surface area contributed by atoms with Crippen LogP contribution in [0.3, 0.4) is 0 Å². The van der Waals surface area contributed by atoms with Crippen LogP contribution in [0.5, 0.6) is 0 Å². The molecule has 1 aromatic rings. The highest BCUT2D eigenvalue weighted by Crippen LogP contribution is 2.05. The van der Waals surface area contributed by atoms with Crippen LogP contribution in [-0.4, -0.2) is 35.6 Å². The number of hydrogen-bond donors (Lipinski definition) is 3. The van der Waals surface area contributed by atoms with E-state index >= 15 is 0 Å². The third-order valence-electron chi connectivity index (χ3n) is 3.10. The van der Waals surface area contributed by atoms with Gasteiger partial charge in [-0.05, 0) is 18.4 Å². The first-order chi connectivity index (χ1) is 9.99. The van der Waals surface area contributed by atoms with Gasteiger partial charge < -0.3 is 15.7 Å². The molecule has 1 amide bonds. The van der Waals surface area contributed by atoms with Gasteiger partial charge in [-0.2, -0.15) is 0 Å². The average Bonchev–Trinajstić information content (AvgIpc) is 2.43. The lowest BCUT2D eigenvalue weighted by atomic mass is 10.1. The molecule has 0 unspecified atom stereocenters. The summed E-state index contributed by atoms with van der Waals surface area (Å²) in [5.74, 6) is -1.22. The Hall–Kier alpha value is -1.88. The first kappa shape index (κ1) is 17.2. The van der Waals surface area contributed by atoms with E-state index < -0.39 is 12.0 Å². The lowest BCUT2D eigenvalue weighted by molar-refractivity contribution is -0.142. The number of carboxylic acids is 1. The van der Waals surface area contributed by atoms with Gasteiger partial charge >= 0.3 is 5.97 Å². The Morgan fingerprint density at radius 1 is 1.19 bits per heavy atom. The van der Waals surface area contributed by atoms with Gasteiger partial charge in [-0.1, -0.05) is 44.2 Å². The lowest BCUT2D eigenvalue weighted by Crippen LogP contribution is -2.42. The Morgan fingerprint density at radius 3 is 2.43 bits per heavy atom. The van der Waals surface area contributed by atoms with Crippen molar-refractivity contribution in [2.75, 3.05) is 6.54 Å². The number of carbonyl (C=O) groups is 2. The number of rotatable bonds is 9. The van der Waals surface area contributed by atoms with Crippen LogP contribution in [-0.2, 0) is 16.0 Å². The Balaban J connectivity index is 2.39. The monoisotopic (exact) mass is 292 g/mol. The van der Waals surface area contributed by atoms with Crippen molar-refractivity contribution < 1.29 is 14.7 Å². The van der Waals surface area contributed by atoms with E-state index in [1.807, 2.05) is 44.2 Å². The van der Waals surface area contributed by atoms with Gasteiger partial charge in [-0.15, -0.1) is 0 Å². The summed E-state index contributed by atoms with van der Waals surface area (Å²) in [6.07, 6.45) is 1.30. The van der Waals surface area contributed by atoms with E-state index in [9.17, 15) is 14.7 Å². The zero-order valence-corrected chi connectivity index (χ0v) is 12.6. The van der Waals surface area contributed by atoms with Crippen molar-refractivity contribution in [3.05, 3.63) is 35.9 Å². The lowest BCUT2D eigenvalue weighted by Gasteiger charge is -2.15. The molecule has 0 saturated carbocycles. The topological polar surface area (TPSA) is 78.4 Å². The Labute approximate surface area is 125 Å². The fourth-order valence-electron chi connectivity index (χ4n) is 1.95. The minimum absolute atomic E-state index is 0.233. The minimum Gasteiger partial charge on any atom is -0.480 e. The molecule has 1 atom stereocenters. The van der Waals surface area contributed by atoms with E-state index in [1.165, 1.54) is 0 Å². The molecule has 1 aromatic carbocycles. The van der Waals surface area contributed by atoms with Crippen molar-refractivity contribution in [2.24, 2.45) is 0 Å².